The van der Waals surface area contributed by atoms with Crippen molar-refractivity contribution in [3.05, 3.63) is 82.8 Å². The van der Waals surface area contributed by atoms with E-state index in [4.69, 9.17) is 0 Å². The topological polar surface area (TPSA) is 79.4 Å². The van der Waals surface area contributed by atoms with Crippen molar-refractivity contribution in [2.75, 3.05) is 16.7 Å². The summed E-state index contributed by atoms with van der Waals surface area (Å²) in [5.41, 5.74) is 1.68. The van der Waals surface area contributed by atoms with Crippen LogP contribution in [0.5, 0.6) is 0 Å². The lowest BCUT2D eigenvalue weighted by atomic mass is 10.2. The summed E-state index contributed by atoms with van der Waals surface area (Å²) >= 11 is 4.81. The third-order valence-electron chi connectivity index (χ3n) is 4.48. The second-order valence-electron chi connectivity index (χ2n) is 6.39. The molecule has 4 rings (SSSR count). The molecule has 1 amide bonds. The highest BCUT2D eigenvalue weighted by Gasteiger charge is 2.21. The molecular formula is C21H16BrN3O3S2. The van der Waals surface area contributed by atoms with Gasteiger partial charge in [0, 0.05) is 17.1 Å². The van der Waals surface area contributed by atoms with Crippen LogP contribution in [0.3, 0.4) is 0 Å². The first-order valence-electron chi connectivity index (χ1n) is 8.87. The van der Waals surface area contributed by atoms with E-state index >= 15 is 0 Å². The van der Waals surface area contributed by atoms with Gasteiger partial charge in [0.2, 0.25) is 0 Å². The van der Waals surface area contributed by atoms with Gasteiger partial charge in [-0.1, -0.05) is 35.6 Å². The van der Waals surface area contributed by atoms with Crippen LogP contribution in [0.15, 0.2) is 82.2 Å². The molecule has 0 aliphatic carbocycles. The van der Waals surface area contributed by atoms with Gasteiger partial charge in [0.15, 0.2) is 5.13 Å². The van der Waals surface area contributed by atoms with E-state index in [0.29, 0.717) is 16.4 Å². The molecule has 30 heavy (non-hydrogen) atoms. The molecule has 1 aromatic heterocycles. The number of fused-ring (bicyclic) bond motifs is 1. The number of para-hydroxylation sites is 2. The minimum absolute atomic E-state index is 0.106. The Kier molecular flexibility index (Phi) is 5.59. The highest BCUT2D eigenvalue weighted by molar-refractivity contribution is 9.10. The summed E-state index contributed by atoms with van der Waals surface area (Å²) in [5.74, 6) is -0.356. The SMILES string of the molecule is CN(c1ccccc1)S(=O)(=O)c1ccc(C(=O)Nc2nc3c(Br)cccc3s2)cc1. The standard InChI is InChI=1S/C21H16BrN3O3S2/c1-25(15-6-3-2-4-7-15)30(27,28)16-12-10-14(11-13-16)20(26)24-21-23-19-17(22)8-5-9-18(19)29-21/h2-13H,1H3,(H,23,24,26). The molecule has 1 N–H and O–H groups in total. The lowest BCUT2D eigenvalue weighted by Gasteiger charge is -2.19. The summed E-state index contributed by atoms with van der Waals surface area (Å²) in [5, 5.41) is 3.24. The summed E-state index contributed by atoms with van der Waals surface area (Å²) in [6.07, 6.45) is 0. The van der Waals surface area contributed by atoms with E-state index in [1.54, 1.807) is 24.3 Å². The number of benzene rings is 3. The molecule has 9 heteroatoms. The number of nitrogens with zero attached hydrogens (tertiary/aromatic N) is 2. The average molecular weight is 502 g/mol. The third kappa shape index (κ3) is 3.96. The van der Waals surface area contributed by atoms with Gasteiger partial charge in [-0.2, -0.15) is 0 Å². The second-order valence-corrected chi connectivity index (χ2v) is 10.2. The number of amides is 1. The number of carbonyl (C=O) groups is 1. The Balaban J connectivity index is 1.53. The number of nitrogens with one attached hydrogen (secondary N) is 1. The van der Waals surface area contributed by atoms with Crippen molar-refractivity contribution in [1.82, 2.24) is 4.98 Å². The van der Waals surface area contributed by atoms with E-state index in [-0.39, 0.29) is 10.8 Å². The normalized spacial score (nSPS) is 11.4. The number of thiazole rings is 1. The molecule has 0 unspecified atom stereocenters. The molecule has 1 heterocycles. The fourth-order valence-corrected chi connectivity index (χ4v) is 5.52. The fourth-order valence-electron chi connectivity index (χ4n) is 2.85. The monoisotopic (exact) mass is 501 g/mol. The van der Waals surface area contributed by atoms with E-state index < -0.39 is 10.0 Å². The molecule has 0 aliphatic heterocycles. The quantitative estimate of drug-likeness (QED) is 0.410. The van der Waals surface area contributed by atoms with E-state index in [2.05, 4.69) is 26.2 Å². The second kappa shape index (κ2) is 8.17. The molecule has 0 bridgehead atoms. The largest absolute Gasteiger partial charge is 0.298 e. The average Bonchev–Trinajstić information content (AvgIpc) is 3.17. The van der Waals surface area contributed by atoms with Crippen LogP contribution in [0.2, 0.25) is 0 Å². The number of aromatic nitrogens is 1. The van der Waals surface area contributed by atoms with E-state index in [9.17, 15) is 13.2 Å². The van der Waals surface area contributed by atoms with E-state index in [1.807, 2.05) is 24.3 Å². The van der Waals surface area contributed by atoms with Gasteiger partial charge in [-0.05, 0) is 64.5 Å². The molecule has 0 fully saturated rings. The highest BCUT2D eigenvalue weighted by atomic mass is 79.9. The third-order valence-corrected chi connectivity index (χ3v) is 7.86. The van der Waals surface area contributed by atoms with Crippen molar-refractivity contribution >= 4 is 64.2 Å². The van der Waals surface area contributed by atoms with Crippen LogP contribution in [-0.2, 0) is 10.0 Å². The number of sulfonamides is 1. The van der Waals surface area contributed by atoms with Crippen molar-refractivity contribution in [3.63, 3.8) is 0 Å². The van der Waals surface area contributed by atoms with Gasteiger partial charge < -0.3 is 0 Å². The summed E-state index contributed by atoms with van der Waals surface area (Å²) in [4.78, 5) is 17.1. The Morgan fingerprint density at radius 3 is 2.37 bits per heavy atom. The van der Waals surface area contributed by atoms with E-state index in [0.717, 1.165) is 14.7 Å². The summed E-state index contributed by atoms with van der Waals surface area (Å²) < 4.78 is 28.7. The number of hydrogen-bond donors (Lipinski definition) is 1. The molecule has 4 aromatic rings. The van der Waals surface area contributed by atoms with Gasteiger partial charge in [-0.15, -0.1) is 0 Å². The van der Waals surface area contributed by atoms with Crippen LogP contribution in [0.4, 0.5) is 10.8 Å². The number of anilines is 2. The lowest BCUT2D eigenvalue weighted by Crippen LogP contribution is -2.26. The zero-order chi connectivity index (χ0) is 21.3. The molecule has 0 spiro atoms. The van der Waals surface area contributed by atoms with Crippen molar-refractivity contribution in [2.45, 2.75) is 4.90 Å². The van der Waals surface area contributed by atoms with Gasteiger partial charge >= 0.3 is 0 Å². The van der Waals surface area contributed by atoms with E-state index in [1.165, 1.54) is 47.0 Å². The van der Waals surface area contributed by atoms with Crippen molar-refractivity contribution < 1.29 is 13.2 Å². The van der Waals surface area contributed by atoms with Crippen LogP contribution >= 0.6 is 27.3 Å². The van der Waals surface area contributed by atoms with Crippen LogP contribution < -0.4 is 9.62 Å². The maximum atomic E-state index is 12.8. The Labute approximate surface area is 186 Å². The van der Waals surface area contributed by atoms with Crippen LogP contribution in [0.1, 0.15) is 10.4 Å². The maximum absolute atomic E-state index is 12.8. The molecule has 0 saturated carbocycles. The molecule has 0 saturated heterocycles. The lowest BCUT2D eigenvalue weighted by molar-refractivity contribution is 0.102. The number of rotatable bonds is 5. The zero-order valence-corrected chi connectivity index (χ0v) is 19.0. The minimum atomic E-state index is -3.73. The first-order chi connectivity index (χ1) is 14.4. The molecular weight excluding hydrogens is 486 g/mol. The summed E-state index contributed by atoms with van der Waals surface area (Å²) in [7, 11) is -2.23. The van der Waals surface area contributed by atoms with Gasteiger partial charge in [0.1, 0.15) is 0 Å². The smallest absolute Gasteiger partial charge is 0.264 e. The Morgan fingerprint density at radius 1 is 1.00 bits per heavy atom. The maximum Gasteiger partial charge on any atom is 0.264 e. The van der Waals surface area contributed by atoms with Gasteiger partial charge in [-0.25, -0.2) is 13.4 Å². The Hall–Kier alpha value is -2.75. The number of halogens is 1. The first-order valence-corrected chi connectivity index (χ1v) is 11.9. The van der Waals surface area contributed by atoms with Crippen LogP contribution in [0, 0.1) is 0 Å². The Bertz CT molecular complexity index is 1320. The van der Waals surface area contributed by atoms with Crippen LogP contribution in [-0.4, -0.2) is 26.4 Å². The number of hydrogen-bond acceptors (Lipinski definition) is 5. The van der Waals surface area contributed by atoms with Crippen molar-refractivity contribution in [1.29, 1.82) is 0 Å². The predicted octanol–water partition coefficient (Wildman–Crippen LogP) is 5.14. The molecule has 0 radical (unpaired) electrons. The molecule has 3 aromatic carbocycles. The summed E-state index contributed by atoms with van der Waals surface area (Å²) in [6, 6.07) is 20.4. The molecule has 0 atom stereocenters. The molecule has 0 aliphatic rings. The number of carbonyl (C=O) groups excluding carboxylic acids is 1. The van der Waals surface area contributed by atoms with Gasteiger partial charge in [0.25, 0.3) is 15.9 Å². The van der Waals surface area contributed by atoms with Crippen molar-refractivity contribution in [2.24, 2.45) is 0 Å². The Morgan fingerprint density at radius 2 is 1.70 bits per heavy atom. The van der Waals surface area contributed by atoms with Crippen LogP contribution in [0.25, 0.3) is 10.2 Å². The van der Waals surface area contributed by atoms with Crippen molar-refractivity contribution in [3.8, 4) is 0 Å². The van der Waals surface area contributed by atoms with Gasteiger partial charge in [0.05, 0.1) is 20.8 Å². The predicted molar refractivity (Wildman–Crippen MR) is 124 cm³/mol. The highest BCUT2D eigenvalue weighted by Crippen LogP contribution is 2.31. The zero-order valence-electron chi connectivity index (χ0n) is 15.7. The molecule has 152 valence electrons. The molecule has 6 nitrogen and oxygen atoms in total. The fraction of sp³-hybridized carbons (Fsp3) is 0.0476. The summed E-state index contributed by atoms with van der Waals surface area (Å²) in [6.45, 7) is 0. The minimum Gasteiger partial charge on any atom is -0.298 e. The van der Waals surface area contributed by atoms with Gasteiger partial charge in [-0.3, -0.25) is 14.4 Å². The first kappa shape index (κ1) is 20.5.